The van der Waals surface area contributed by atoms with Crippen LogP contribution in [0.25, 0.3) is 0 Å². The van der Waals surface area contributed by atoms with E-state index in [0.29, 0.717) is 30.4 Å². The first-order valence-electron chi connectivity index (χ1n) is 23.7. The third-order valence-electron chi connectivity index (χ3n) is 17.0. The average molecular weight is 944 g/mol. The van der Waals surface area contributed by atoms with Gasteiger partial charge >= 0.3 is 30.0 Å². The number of rotatable bonds is 12. The summed E-state index contributed by atoms with van der Waals surface area (Å²) in [5.41, 5.74) is -3.45. The molecule has 1 spiro atoms. The molecular formula is C53H69NO14. The highest BCUT2D eigenvalue weighted by Gasteiger charge is 2.84. The highest BCUT2D eigenvalue weighted by molar-refractivity contribution is 5.97. The van der Waals surface area contributed by atoms with Crippen molar-refractivity contribution in [2.24, 2.45) is 28.1 Å². The number of nitrogens with one attached hydrogen (secondary N) is 1. The first kappa shape index (κ1) is 50.7. The third kappa shape index (κ3) is 7.93. The SMILES string of the molecule is CCC(C)(OC(=O)N[C@@H](c1ccc(C)c(C)c1C)[C@@H](O)C(=O)O[C@H]1C[C@@]2(OC)[C@@H](OC(=O)c3ccccc3)[C@@H]3[C@]4(OC(C)=O)CO[C@@H]4C[C@@H]4C[C@@]43C(=O)[C@H](OC(C)=O)C(=C1C)C2(C)C)C(C)(C)C. The number of carbonyl (C=O) groups is 6. The van der Waals surface area contributed by atoms with Gasteiger partial charge in [-0.05, 0) is 105 Å². The van der Waals surface area contributed by atoms with Gasteiger partial charge in [-0.1, -0.05) is 71.9 Å². The molecular weight excluding hydrogens is 875 g/mol. The largest absolute Gasteiger partial charge is 0.456 e. The molecule has 3 saturated carbocycles. The molecule has 15 nitrogen and oxygen atoms in total. The number of methoxy groups -OCH3 is 1. The number of ketones is 1. The molecule has 1 amide bonds. The van der Waals surface area contributed by atoms with Crippen LogP contribution in [0.2, 0.25) is 0 Å². The van der Waals surface area contributed by atoms with Gasteiger partial charge in [0.1, 0.15) is 29.5 Å². The van der Waals surface area contributed by atoms with Crippen molar-refractivity contribution in [3.05, 3.63) is 81.4 Å². The molecule has 15 heteroatoms. The number of esters is 4. The summed E-state index contributed by atoms with van der Waals surface area (Å²) in [4.78, 5) is 85.4. The number of carbonyl (C=O) groups excluding carboxylic acids is 6. The highest BCUT2D eigenvalue weighted by Crippen LogP contribution is 2.75. The number of ether oxygens (including phenoxy) is 7. The van der Waals surface area contributed by atoms with E-state index >= 15 is 4.79 Å². The van der Waals surface area contributed by atoms with E-state index in [-0.39, 0.29) is 30.1 Å². The van der Waals surface area contributed by atoms with Crippen molar-refractivity contribution in [3.63, 3.8) is 0 Å². The molecule has 4 fully saturated rings. The molecule has 2 N–H and O–H groups in total. The lowest BCUT2D eigenvalue weighted by Gasteiger charge is -2.65. The van der Waals surface area contributed by atoms with Gasteiger partial charge in [-0.25, -0.2) is 14.4 Å². The maximum absolute atomic E-state index is 15.7. The Balaban J connectivity index is 1.38. The Morgan fingerprint density at radius 1 is 0.897 bits per heavy atom. The van der Waals surface area contributed by atoms with Gasteiger partial charge < -0.3 is 43.6 Å². The Hall–Kier alpha value is -5.12. The van der Waals surface area contributed by atoms with Crippen LogP contribution >= 0.6 is 0 Å². The lowest BCUT2D eigenvalue weighted by molar-refractivity contribution is -0.325. The maximum atomic E-state index is 15.7. The molecule has 370 valence electrons. The van der Waals surface area contributed by atoms with Crippen molar-refractivity contribution in [2.75, 3.05) is 13.7 Å². The Kier molecular flexibility index (Phi) is 13.2. The number of fused-ring (bicyclic) bond motifs is 4. The molecule has 2 aromatic rings. The number of Topliss-reactive ketones (excluding diaryl/α,β-unsaturated/α-hetero) is 1. The van der Waals surface area contributed by atoms with E-state index in [1.54, 1.807) is 57.2 Å². The summed E-state index contributed by atoms with van der Waals surface area (Å²) in [7, 11) is 1.43. The van der Waals surface area contributed by atoms with Crippen LogP contribution in [-0.2, 0) is 52.3 Å². The van der Waals surface area contributed by atoms with E-state index in [1.165, 1.54) is 21.0 Å². The quantitative estimate of drug-likeness (QED) is 0.121. The Morgan fingerprint density at radius 3 is 2.12 bits per heavy atom. The number of benzene rings is 2. The molecule has 12 atom stereocenters. The van der Waals surface area contributed by atoms with Crippen LogP contribution in [0.4, 0.5) is 4.79 Å². The van der Waals surface area contributed by atoms with Crippen molar-refractivity contribution < 1.29 is 67.0 Å². The fraction of sp³-hybridized carbons (Fsp3) is 0.623. The number of aryl methyl sites for hydroxylation is 1. The molecule has 1 saturated heterocycles. The van der Waals surface area contributed by atoms with Crippen LogP contribution < -0.4 is 5.32 Å². The van der Waals surface area contributed by atoms with Gasteiger partial charge in [0.05, 0.1) is 24.1 Å². The summed E-state index contributed by atoms with van der Waals surface area (Å²) < 4.78 is 44.5. The normalized spacial score (nSPS) is 31.8. The molecule has 0 radical (unpaired) electrons. The molecule has 2 aromatic carbocycles. The second-order valence-corrected chi connectivity index (χ2v) is 21.5. The summed E-state index contributed by atoms with van der Waals surface area (Å²) in [5, 5.41) is 15.1. The van der Waals surface area contributed by atoms with Crippen LogP contribution in [0.3, 0.4) is 0 Å². The Labute approximate surface area is 399 Å². The highest BCUT2D eigenvalue weighted by atomic mass is 16.6. The zero-order valence-corrected chi connectivity index (χ0v) is 42.0. The van der Waals surface area contributed by atoms with Gasteiger partial charge in [-0.3, -0.25) is 14.4 Å². The van der Waals surface area contributed by atoms with E-state index in [4.69, 9.17) is 33.2 Å². The summed E-state index contributed by atoms with van der Waals surface area (Å²) >= 11 is 0. The summed E-state index contributed by atoms with van der Waals surface area (Å²) in [6.45, 7) is 22.9. The van der Waals surface area contributed by atoms with Gasteiger partial charge in [0.2, 0.25) is 0 Å². The summed E-state index contributed by atoms with van der Waals surface area (Å²) in [5.74, 6) is -5.16. The first-order chi connectivity index (χ1) is 31.7. The topological polar surface area (TPSA) is 199 Å². The van der Waals surface area contributed by atoms with E-state index in [2.05, 4.69) is 5.32 Å². The van der Waals surface area contributed by atoms with E-state index in [9.17, 15) is 29.1 Å². The predicted molar refractivity (Wildman–Crippen MR) is 247 cm³/mol. The van der Waals surface area contributed by atoms with Gasteiger partial charge in [0.25, 0.3) is 0 Å². The lowest BCUT2D eigenvalue weighted by Crippen LogP contribution is -2.78. The van der Waals surface area contributed by atoms with Gasteiger partial charge in [-0.2, -0.15) is 0 Å². The summed E-state index contributed by atoms with van der Waals surface area (Å²) in [6.07, 6.45) is -6.85. The molecule has 1 heterocycles. The molecule has 1 unspecified atom stereocenters. The van der Waals surface area contributed by atoms with Crippen LogP contribution in [0.15, 0.2) is 53.6 Å². The number of aliphatic hydroxyl groups excluding tert-OH is 1. The monoisotopic (exact) mass is 943 g/mol. The standard InChI is InChI=1S/C53H69NO14/c1-15-50(13,48(8,9)10)68-47(61)54-39(35-22-21-27(2)28(3)29(35)4)40(57)46(60)65-36-25-53(62-14)44(66-45(59)33-19-17-16-18-20-33)42-51(24-34(51)23-37-52(42,26-63-37)67-32(7)56)43(58)41(64-31(6)55)38(30(36)5)49(53,11)12/h16-22,34,36-37,39-42,44,57H,15,23-26H2,1-14H3,(H,54,61)/t34-,36+,37-,39+,40-,41-,42+,44+,50?,51-,52+,53-/m1/s1. The van der Waals surface area contributed by atoms with Crippen LogP contribution in [-0.4, -0.2) is 102 Å². The second kappa shape index (κ2) is 17.7. The van der Waals surface area contributed by atoms with Crippen molar-refractivity contribution in [1.82, 2.24) is 5.32 Å². The Bertz CT molecular complexity index is 2420. The van der Waals surface area contributed by atoms with Crippen LogP contribution in [0.1, 0.15) is 134 Å². The van der Waals surface area contributed by atoms with E-state index in [0.717, 1.165) is 16.7 Å². The average Bonchev–Trinajstić information content (AvgIpc) is 3.99. The molecule has 1 aliphatic heterocycles. The van der Waals surface area contributed by atoms with Gasteiger partial charge in [-0.15, -0.1) is 0 Å². The van der Waals surface area contributed by atoms with E-state index in [1.807, 2.05) is 61.5 Å². The minimum absolute atomic E-state index is 0.115. The zero-order valence-electron chi connectivity index (χ0n) is 42.0. The van der Waals surface area contributed by atoms with Crippen LogP contribution in [0, 0.1) is 48.9 Å². The van der Waals surface area contributed by atoms with Crippen molar-refractivity contribution >= 4 is 35.8 Å². The molecule has 5 aliphatic rings. The minimum atomic E-state index is -2.02. The van der Waals surface area contributed by atoms with Gasteiger partial charge in [0.15, 0.2) is 23.6 Å². The maximum Gasteiger partial charge on any atom is 0.408 e. The fourth-order valence-electron chi connectivity index (χ4n) is 12.2. The number of aliphatic hydroxyl groups is 1. The van der Waals surface area contributed by atoms with Crippen LogP contribution in [0.5, 0.6) is 0 Å². The smallest absolute Gasteiger partial charge is 0.408 e. The van der Waals surface area contributed by atoms with Crippen molar-refractivity contribution in [3.8, 4) is 0 Å². The first-order valence-corrected chi connectivity index (χ1v) is 23.7. The van der Waals surface area contributed by atoms with E-state index < -0.39 is 111 Å². The third-order valence-corrected chi connectivity index (χ3v) is 17.0. The number of hydrogen-bond acceptors (Lipinski definition) is 14. The zero-order chi connectivity index (χ0) is 50.3. The lowest BCUT2D eigenvalue weighted by atomic mass is 9.48. The molecule has 2 bridgehead atoms. The Morgan fingerprint density at radius 2 is 1.56 bits per heavy atom. The van der Waals surface area contributed by atoms with Crippen molar-refractivity contribution in [1.29, 1.82) is 0 Å². The fourth-order valence-corrected chi connectivity index (χ4v) is 12.2. The molecule has 7 rings (SSSR count). The predicted octanol–water partition coefficient (Wildman–Crippen LogP) is 7.47. The number of hydrogen-bond donors (Lipinski definition) is 2. The number of alkyl carbamates (subject to hydrolysis) is 1. The summed E-state index contributed by atoms with van der Waals surface area (Å²) in [6, 6.07) is 10.5. The van der Waals surface area contributed by atoms with Crippen molar-refractivity contribution in [2.45, 2.75) is 169 Å². The minimum Gasteiger partial charge on any atom is -0.456 e. The molecule has 68 heavy (non-hydrogen) atoms. The number of amides is 1. The van der Waals surface area contributed by atoms with Gasteiger partial charge in [0, 0.05) is 43.6 Å². The molecule has 4 aliphatic carbocycles. The molecule has 0 aromatic heterocycles. The second-order valence-electron chi connectivity index (χ2n) is 21.5.